The third-order valence-electron chi connectivity index (χ3n) is 2.17. The molecular formula is C12H19N5O. The molecule has 0 aliphatic carbocycles. The highest BCUT2D eigenvalue weighted by Gasteiger charge is 2.07. The predicted molar refractivity (Wildman–Crippen MR) is 71.6 cm³/mol. The lowest BCUT2D eigenvalue weighted by Crippen LogP contribution is -2.31. The van der Waals surface area contributed by atoms with Gasteiger partial charge in [-0.2, -0.15) is 0 Å². The van der Waals surface area contributed by atoms with Crippen LogP contribution < -0.4 is 10.6 Å². The summed E-state index contributed by atoms with van der Waals surface area (Å²) in [7, 11) is 3.90. The maximum absolute atomic E-state index is 11.7. The van der Waals surface area contributed by atoms with Crippen molar-refractivity contribution in [2.45, 2.75) is 0 Å². The summed E-state index contributed by atoms with van der Waals surface area (Å²) in [6, 6.07) is 3.36. The fourth-order valence-electron chi connectivity index (χ4n) is 1.21. The van der Waals surface area contributed by atoms with Crippen molar-refractivity contribution < 1.29 is 4.79 Å². The van der Waals surface area contributed by atoms with Gasteiger partial charge < -0.3 is 15.5 Å². The van der Waals surface area contributed by atoms with E-state index in [1.807, 2.05) is 19.0 Å². The quantitative estimate of drug-likeness (QED) is 0.683. The summed E-state index contributed by atoms with van der Waals surface area (Å²) < 4.78 is 0. The van der Waals surface area contributed by atoms with E-state index in [-0.39, 0.29) is 5.91 Å². The van der Waals surface area contributed by atoms with Gasteiger partial charge in [-0.25, -0.2) is 0 Å². The van der Waals surface area contributed by atoms with Crippen molar-refractivity contribution in [3.05, 3.63) is 30.5 Å². The number of carbonyl (C=O) groups excluding carboxylic acids is 1. The third-order valence-corrected chi connectivity index (χ3v) is 2.17. The van der Waals surface area contributed by atoms with Crippen molar-refractivity contribution in [1.82, 2.24) is 20.4 Å². The number of rotatable bonds is 7. The van der Waals surface area contributed by atoms with Crippen LogP contribution in [0, 0.1) is 0 Å². The summed E-state index contributed by atoms with van der Waals surface area (Å²) in [4.78, 5) is 13.7. The molecule has 0 spiro atoms. The molecule has 0 aliphatic heterocycles. The van der Waals surface area contributed by atoms with Gasteiger partial charge in [-0.1, -0.05) is 6.08 Å². The number of amides is 1. The molecule has 98 valence electrons. The molecule has 0 radical (unpaired) electrons. The van der Waals surface area contributed by atoms with Gasteiger partial charge in [-0.15, -0.1) is 16.8 Å². The summed E-state index contributed by atoms with van der Waals surface area (Å²) in [6.07, 6.45) is 1.73. The van der Waals surface area contributed by atoms with Gasteiger partial charge in [0, 0.05) is 19.6 Å². The van der Waals surface area contributed by atoms with Crippen molar-refractivity contribution in [1.29, 1.82) is 0 Å². The Morgan fingerprint density at radius 2 is 2.22 bits per heavy atom. The van der Waals surface area contributed by atoms with Gasteiger partial charge >= 0.3 is 0 Å². The number of hydrogen-bond acceptors (Lipinski definition) is 5. The molecule has 1 aromatic rings. The Kier molecular flexibility index (Phi) is 5.79. The number of nitrogens with zero attached hydrogens (tertiary/aromatic N) is 3. The van der Waals surface area contributed by atoms with Crippen molar-refractivity contribution >= 4 is 11.7 Å². The first kappa shape index (κ1) is 14.1. The topological polar surface area (TPSA) is 70.2 Å². The maximum Gasteiger partial charge on any atom is 0.271 e. The standard InChI is InChI=1S/C12H19N5O/c1-4-7-13-11-6-5-10(15-16-11)12(18)14-8-9-17(2)3/h4-6H,1,7-9H2,2-3H3,(H,13,16)(H,14,18). The molecule has 1 amide bonds. The first-order chi connectivity index (χ1) is 8.63. The van der Waals surface area contributed by atoms with E-state index < -0.39 is 0 Å². The van der Waals surface area contributed by atoms with Crippen LogP contribution in [0.2, 0.25) is 0 Å². The lowest BCUT2D eigenvalue weighted by Gasteiger charge is -2.10. The minimum Gasteiger partial charge on any atom is -0.365 e. The minimum atomic E-state index is -0.209. The molecule has 0 saturated carbocycles. The molecule has 0 aliphatic rings. The van der Waals surface area contributed by atoms with Crippen LogP contribution in [-0.2, 0) is 0 Å². The van der Waals surface area contributed by atoms with E-state index in [1.165, 1.54) is 0 Å². The fourth-order valence-corrected chi connectivity index (χ4v) is 1.21. The predicted octanol–water partition coefficient (Wildman–Crippen LogP) is 0.366. The smallest absolute Gasteiger partial charge is 0.271 e. The van der Waals surface area contributed by atoms with Crippen LogP contribution in [-0.4, -0.2) is 54.7 Å². The molecule has 1 rings (SSSR count). The normalized spacial score (nSPS) is 10.2. The molecule has 1 aromatic heterocycles. The lowest BCUT2D eigenvalue weighted by atomic mass is 10.3. The number of carbonyl (C=O) groups is 1. The fraction of sp³-hybridized carbons (Fsp3) is 0.417. The second kappa shape index (κ2) is 7.39. The van der Waals surface area contributed by atoms with Gasteiger partial charge in [0.1, 0.15) is 5.82 Å². The van der Waals surface area contributed by atoms with Crippen molar-refractivity contribution in [3.8, 4) is 0 Å². The summed E-state index contributed by atoms with van der Waals surface area (Å²) in [5.74, 6) is 0.416. The van der Waals surface area contributed by atoms with Gasteiger partial charge in [0.25, 0.3) is 5.91 Å². The Bertz CT molecular complexity index is 388. The average molecular weight is 249 g/mol. The van der Waals surface area contributed by atoms with E-state index in [2.05, 4.69) is 27.4 Å². The lowest BCUT2D eigenvalue weighted by molar-refractivity contribution is 0.0945. The number of anilines is 1. The zero-order chi connectivity index (χ0) is 13.4. The SMILES string of the molecule is C=CCNc1ccc(C(=O)NCCN(C)C)nn1. The van der Waals surface area contributed by atoms with Crippen molar-refractivity contribution in [2.24, 2.45) is 0 Å². The Balaban J connectivity index is 2.45. The van der Waals surface area contributed by atoms with Gasteiger partial charge in [-0.3, -0.25) is 4.79 Å². The van der Waals surface area contributed by atoms with E-state index in [0.29, 0.717) is 24.6 Å². The van der Waals surface area contributed by atoms with Gasteiger partial charge in [0.05, 0.1) is 0 Å². The zero-order valence-corrected chi connectivity index (χ0v) is 10.8. The summed E-state index contributed by atoms with van der Waals surface area (Å²) in [5, 5.41) is 13.5. The molecule has 0 atom stereocenters. The molecule has 1 heterocycles. The Morgan fingerprint density at radius 1 is 1.44 bits per heavy atom. The van der Waals surface area contributed by atoms with E-state index in [0.717, 1.165) is 6.54 Å². The summed E-state index contributed by atoms with van der Waals surface area (Å²) in [5.41, 5.74) is 0.318. The molecule has 0 saturated heterocycles. The van der Waals surface area contributed by atoms with Gasteiger partial charge in [0.2, 0.25) is 0 Å². The molecular weight excluding hydrogens is 230 g/mol. The third kappa shape index (κ3) is 4.92. The number of nitrogens with one attached hydrogen (secondary N) is 2. The molecule has 0 bridgehead atoms. The van der Waals surface area contributed by atoms with E-state index in [4.69, 9.17) is 0 Å². The molecule has 0 aromatic carbocycles. The van der Waals surface area contributed by atoms with Crippen LogP contribution in [0.5, 0.6) is 0 Å². The van der Waals surface area contributed by atoms with Crippen LogP contribution in [0.1, 0.15) is 10.5 Å². The van der Waals surface area contributed by atoms with E-state index >= 15 is 0 Å². The highest BCUT2D eigenvalue weighted by atomic mass is 16.1. The molecule has 6 heteroatoms. The molecule has 18 heavy (non-hydrogen) atoms. The Labute approximate surface area is 107 Å². The number of hydrogen-bond donors (Lipinski definition) is 2. The number of likely N-dealkylation sites (N-methyl/N-ethyl adjacent to an activating group) is 1. The zero-order valence-electron chi connectivity index (χ0n) is 10.8. The van der Waals surface area contributed by atoms with Crippen LogP contribution >= 0.6 is 0 Å². The van der Waals surface area contributed by atoms with Crippen LogP contribution in [0.4, 0.5) is 5.82 Å². The van der Waals surface area contributed by atoms with Crippen molar-refractivity contribution in [3.63, 3.8) is 0 Å². The minimum absolute atomic E-state index is 0.209. The molecule has 2 N–H and O–H groups in total. The summed E-state index contributed by atoms with van der Waals surface area (Å²) in [6.45, 7) is 5.58. The monoisotopic (exact) mass is 249 g/mol. The average Bonchev–Trinajstić information content (AvgIpc) is 2.36. The van der Waals surface area contributed by atoms with E-state index in [9.17, 15) is 4.79 Å². The summed E-state index contributed by atoms with van der Waals surface area (Å²) >= 11 is 0. The number of aromatic nitrogens is 2. The van der Waals surface area contributed by atoms with Crippen molar-refractivity contribution in [2.75, 3.05) is 39.0 Å². The Hall–Kier alpha value is -1.95. The van der Waals surface area contributed by atoms with Gasteiger partial charge in [0.15, 0.2) is 5.69 Å². The van der Waals surface area contributed by atoms with Crippen LogP contribution in [0.3, 0.4) is 0 Å². The van der Waals surface area contributed by atoms with E-state index in [1.54, 1.807) is 18.2 Å². The maximum atomic E-state index is 11.7. The molecule has 0 fully saturated rings. The van der Waals surface area contributed by atoms with Crippen LogP contribution in [0.25, 0.3) is 0 Å². The Morgan fingerprint density at radius 3 is 2.78 bits per heavy atom. The van der Waals surface area contributed by atoms with Crippen LogP contribution in [0.15, 0.2) is 24.8 Å². The van der Waals surface area contributed by atoms with Gasteiger partial charge in [-0.05, 0) is 26.2 Å². The molecule has 0 unspecified atom stereocenters. The highest BCUT2D eigenvalue weighted by molar-refractivity contribution is 5.92. The largest absolute Gasteiger partial charge is 0.365 e. The first-order valence-electron chi connectivity index (χ1n) is 5.75. The second-order valence-corrected chi connectivity index (χ2v) is 4.03. The first-order valence-corrected chi connectivity index (χ1v) is 5.75. The highest BCUT2D eigenvalue weighted by Crippen LogP contribution is 2.01. The second-order valence-electron chi connectivity index (χ2n) is 4.03. The molecule has 6 nitrogen and oxygen atoms in total.